The summed E-state index contributed by atoms with van der Waals surface area (Å²) in [6.45, 7) is -0.0961. The number of hydrogen-bond acceptors (Lipinski definition) is 8. The Morgan fingerprint density at radius 2 is 1.90 bits per heavy atom. The summed E-state index contributed by atoms with van der Waals surface area (Å²) in [6.07, 6.45) is 2.76. The van der Waals surface area contributed by atoms with Gasteiger partial charge in [-0.15, -0.1) is 0 Å². The van der Waals surface area contributed by atoms with Gasteiger partial charge in [0.25, 0.3) is 0 Å². The summed E-state index contributed by atoms with van der Waals surface area (Å²) in [5, 5.41) is 33.7. The maximum atomic E-state index is 13.8. The van der Waals surface area contributed by atoms with Crippen LogP contribution in [0, 0.1) is 5.92 Å². The van der Waals surface area contributed by atoms with Gasteiger partial charge in [0.15, 0.2) is 11.5 Å². The molecule has 2 aromatic rings. The van der Waals surface area contributed by atoms with Crippen molar-refractivity contribution in [3.63, 3.8) is 0 Å². The van der Waals surface area contributed by atoms with Gasteiger partial charge in [0.05, 0.1) is 39.4 Å². The van der Waals surface area contributed by atoms with Crippen LogP contribution in [0.5, 0.6) is 17.2 Å². The van der Waals surface area contributed by atoms with Crippen molar-refractivity contribution < 1.29 is 39.1 Å². The van der Waals surface area contributed by atoms with Crippen molar-refractivity contribution in [2.75, 3.05) is 33.9 Å². The zero-order chi connectivity index (χ0) is 29.1. The third kappa shape index (κ3) is 5.64. The van der Waals surface area contributed by atoms with Gasteiger partial charge in [-0.2, -0.15) is 0 Å². The van der Waals surface area contributed by atoms with Crippen LogP contribution in [0.3, 0.4) is 0 Å². The minimum absolute atomic E-state index is 0.0506. The molecule has 0 saturated heterocycles. The number of aliphatic hydroxyl groups is 3. The summed E-state index contributed by atoms with van der Waals surface area (Å²) < 4.78 is 17.2. The van der Waals surface area contributed by atoms with Crippen LogP contribution in [0.2, 0.25) is 0 Å². The molecule has 0 bridgehead atoms. The molecule has 1 saturated carbocycles. The number of amides is 2. The number of carbonyl (C=O) groups excluding carboxylic acids is 2. The molecule has 10 nitrogen and oxygen atoms in total. The number of aliphatic hydroxyl groups excluding tert-OH is 3. The molecule has 1 heterocycles. The fourth-order valence-electron chi connectivity index (χ4n) is 5.99. The van der Waals surface area contributed by atoms with Crippen molar-refractivity contribution in [3.05, 3.63) is 64.7 Å². The molecule has 2 aromatic carbocycles. The Kier molecular flexibility index (Phi) is 8.82. The summed E-state index contributed by atoms with van der Waals surface area (Å²) in [7, 11) is 3.09. The fraction of sp³-hybridized carbons (Fsp3) is 0.484. The van der Waals surface area contributed by atoms with E-state index in [9.17, 15) is 24.9 Å². The summed E-state index contributed by atoms with van der Waals surface area (Å²) in [4.78, 5) is 29.0. The van der Waals surface area contributed by atoms with Gasteiger partial charge in [-0.1, -0.05) is 18.6 Å². The van der Waals surface area contributed by atoms with Gasteiger partial charge in [-0.25, -0.2) is 0 Å². The maximum absolute atomic E-state index is 13.8. The molecular formula is C31H38N2O8. The summed E-state index contributed by atoms with van der Waals surface area (Å²) in [5.74, 6) is 0.251. The third-order valence-electron chi connectivity index (χ3n) is 8.37. The Morgan fingerprint density at radius 1 is 1.10 bits per heavy atom. The average Bonchev–Trinajstić information content (AvgIpc) is 3.35. The molecule has 41 heavy (non-hydrogen) atoms. The first-order valence-corrected chi connectivity index (χ1v) is 14.1. The Labute approximate surface area is 239 Å². The number of ether oxygens (including phenoxy) is 3. The van der Waals surface area contributed by atoms with E-state index in [2.05, 4.69) is 5.32 Å². The van der Waals surface area contributed by atoms with E-state index < -0.39 is 30.1 Å². The molecule has 5 rings (SSSR count). The molecule has 1 aliphatic heterocycles. The zero-order valence-corrected chi connectivity index (χ0v) is 23.4. The van der Waals surface area contributed by atoms with E-state index >= 15 is 0 Å². The standard InChI is InChI=1S/C31H38N2O8/c1-39-21-8-3-5-18(13-21)9-11-33(31(38)20-6-4-7-20)24-16-23(30(37)32-10-12-34)26-22-14-19(17-35)15-25(40-2)28(22)41-29(26)27(24)36/h3,5,8,13-16,20,24,26-27,29,34-36H,4,6-7,9-12,17H2,1-2H3,(H,32,37). The highest BCUT2D eigenvalue weighted by Gasteiger charge is 2.52. The molecule has 0 aromatic heterocycles. The van der Waals surface area contributed by atoms with Crippen molar-refractivity contribution in [1.82, 2.24) is 10.2 Å². The summed E-state index contributed by atoms with van der Waals surface area (Å²) in [5.41, 5.74) is 2.52. The summed E-state index contributed by atoms with van der Waals surface area (Å²) in [6, 6.07) is 10.2. The summed E-state index contributed by atoms with van der Waals surface area (Å²) >= 11 is 0. The molecule has 2 amide bonds. The number of benzene rings is 2. The third-order valence-corrected chi connectivity index (χ3v) is 8.37. The molecule has 220 valence electrons. The van der Waals surface area contributed by atoms with E-state index in [1.165, 1.54) is 7.11 Å². The molecule has 1 fully saturated rings. The van der Waals surface area contributed by atoms with Crippen LogP contribution in [-0.4, -0.2) is 84.2 Å². The van der Waals surface area contributed by atoms with E-state index in [4.69, 9.17) is 14.2 Å². The average molecular weight is 567 g/mol. The fourth-order valence-corrected chi connectivity index (χ4v) is 5.99. The van der Waals surface area contributed by atoms with Crippen LogP contribution in [0.4, 0.5) is 0 Å². The van der Waals surface area contributed by atoms with Crippen molar-refractivity contribution in [1.29, 1.82) is 0 Å². The lowest BCUT2D eigenvalue weighted by molar-refractivity contribution is -0.144. The number of hydrogen-bond donors (Lipinski definition) is 4. The molecule has 10 heteroatoms. The first-order chi connectivity index (χ1) is 19.9. The first-order valence-electron chi connectivity index (χ1n) is 14.1. The number of nitrogens with zero attached hydrogens (tertiary/aromatic N) is 1. The van der Waals surface area contributed by atoms with Crippen LogP contribution < -0.4 is 19.5 Å². The van der Waals surface area contributed by atoms with Crippen LogP contribution in [0.25, 0.3) is 0 Å². The minimum Gasteiger partial charge on any atom is -0.497 e. The molecule has 2 aliphatic carbocycles. The van der Waals surface area contributed by atoms with Crippen LogP contribution in [-0.2, 0) is 22.6 Å². The quantitative estimate of drug-likeness (QED) is 0.323. The monoisotopic (exact) mass is 566 g/mol. The predicted molar refractivity (Wildman–Crippen MR) is 150 cm³/mol. The topological polar surface area (TPSA) is 138 Å². The molecular weight excluding hydrogens is 528 g/mol. The Balaban J connectivity index is 1.54. The number of fused-ring (bicyclic) bond motifs is 3. The second kappa shape index (κ2) is 12.5. The lowest BCUT2D eigenvalue weighted by Gasteiger charge is -2.43. The number of methoxy groups -OCH3 is 2. The number of nitrogens with one attached hydrogen (secondary N) is 1. The smallest absolute Gasteiger partial charge is 0.247 e. The largest absolute Gasteiger partial charge is 0.497 e. The van der Waals surface area contributed by atoms with E-state index in [1.807, 2.05) is 24.3 Å². The van der Waals surface area contributed by atoms with Crippen LogP contribution in [0.1, 0.15) is 41.9 Å². The van der Waals surface area contributed by atoms with E-state index in [-0.39, 0.29) is 31.6 Å². The van der Waals surface area contributed by atoms with Crippen molar-refractivity contribution in [3.8, 4) is 17.2 Å². The lowest BCUT2D eigenvalue weighted by Crippen LogP contribution is -2.57. The van der Waals surface area contributed by atoms with Gasteiger partial charge in [-0.3, -0.25) is 9.59 Å². The molecule has 4 unspecified atom stereocenters. The zero-order valence-electron chi connectivity index (χ0n) is 23.4. The van der Waals surface area contributed by atoms with Gasteiger partial charge in [-0.05, 0) is 60.7 Å². The Morgan fingerprint density at radius 3 is 2.56 bits per heavy atom. The van der Waals surface area contributed by atoms with E-state index in [0.717, 1.165) is 30.6 Å². The Hall–Kier alpha value is -3.60. The normalized spacial score (nSPS) is 22.9. The number of rotatable bonds is 11. The molecule has 3 aliphatic rings. The first kappa shape index (κ1) is 28.9. The van der Waals surface area contributed by atoms with Gasteiger partial charge in [0.1, 0.15) is 18.0 Å². The van der Waals surface area contributed by atoms with Crippen molar-refractivity contribution in [2.45, 2.75) is 56.5 Å². The second-order valence-corrected chi connectivity index (χ2v) is 10.8. The highest BCUT2D eigenvalue weighted by atomic mass is 16.5. The molecule has 4 atom stereocenters. The van der Waals surface area contributed by atoms with Gasteiger partial charge in [0, 0.05) is 30.1 Å². The van der Waals surface area contributed by atoms with Gasteiger partial charge < -0.3 is 39.7 Å². The SMILES string of the molecule is COc1cccc(CCN(C(=O)C2CCC2)C2C=C(C(=O)NCCO)C3c4cc(CO)cc(OC)c4OC3C2O)c1. The van der Waals surface area contributed by atoms with Crippen molar-refractivity contribution in [2.24, 2.45) is 5.92 Å². The van der Waals surface area contributed by atoms with Crippen molar-refractivity contribution >= 4 is 11.8 Å². The Bertz CT molecular complexity index is 1310. The molecule has 0 radical (unpaired) electrons. The van der Waals surface area contributed by atoms with E-state index in [0.29, 0.717) is 41.2 Å². The number of carbonyl (C=O) groups is 2. The lowest BCUT2D eigenvalue weighted by atomic mass is 9.76. The highest BCUT2D eigenvalue weighted by molar-refractivity contribution is 5.96. The predicted octanol–water partition coefficient (Wildman–Crippen LogP) is 1.69. The van der Waals surface area contributed by atoms with E-state index in [1.54, 1.807) is 30.2 Å². The van der Waals surface area contributed by atoms with Gasteiger partial charge in [0.2, 0.25) is 11.8 Å². The maximum Gasteiger partial charge on any atom is 0.247 e. The minimum atomic E-state index is -1.14. The molecule has 4 N–H and O–H groups in total. The van der Waals surface area contributed by atoms with Gasteiger partial charge >= 0.3 is 0 Å². The van der Waals surface area contributed by atoms with Crippen LogP contribution in [0.15, 0.2) is 48.0 Å². The van der Waals surface area contributed by atoms with Crippen LogP contribution >= 0.6 is 0 Å². The molecule has 0 spiro atoms. The highest BCUT2D eigenvalue weighted by Crippen LogP contribution is 2.51. The second-order valence-electron chi connectivity index (χ2n) is 10.8.